The highest BCUT2D eigenvalue weighted by Crippen LogP contribution is 2.15. The minimum Gasteiger partial charge on any atom is -0.462 e. The molecule has 6 nitrogen and oxygen atoms in total. The predicted octanol–water partition coefficient (Wildman–Crippen LogP) is 22.3. The van der Waals surface area contributed by atoms with E-state index in [2.05, 4.69) is 191 Å². The third-order valence-corrected chi connectivity index (χ3v) is 13.0. The van der Waals surface area contributed by atoms with Gasteiger partial charge in [0.1, 0.15) is 13.2 Å². The molecule has 0 aliphatic carbocycles. The summed E-state index contributed by atoms with van der Waals surface area (Å²) in [4.78, 5) is 38.2. The zero-order valence-corrected chi connectivity index (χ0v) is 51.3. The smallest absolute Gasteiger partial charge is 0.306 e. The molecule has 80 heavy (non-hydrogen) atoms. The minimum atomic E-state index is -0.825. The van der Waals surface area contributed by atoms with Crippen LogP contribution < -0.4 is 0 Å². The molecule has 0 bridgehead atoms. The van der Waals surface area contributed by atoms with E-state index in [1.54, 1.807) is 0 Å². The summed E-state index contributed by atoms with van der Waals surface area (Å²) in [6.07, 6.45) is 98.0. The number of carbonyl (C=O) groups excluding carboxylic acids is 3. The molecule has 0 aliphatic heterocycles. The first kappa shape index (κ1) is 74.8. The Morgan fingerprint density at radius 2 is 0.487 bits per heavy atom. The summed E-state index contributed by atoms with van der Waals surface area (Å²) in [5.74, 6) is -1.01. The maximum Gasteiger partial charge on any atom is 0.306 e. The molecule has 0 radical (unpaired) electrons. The lowest BCUT2D eigenvalue weighted by Crippen LogP contribution is -2.30. The van der Waals surface area contributed by atoms with Crippen molar-refractivity contribution in [3.63, 3.8) is 0 Å². The second-order valence-electron chi connectivity index (χ2n) is 20.6. The second-order valence-corrected chi connectivity index (χ2v) is 20.6. The molecule has 0 fully saturated rings. The summed E-state index contributed by atoms with van der Waals surface area (Å²) in [5.41, 5.74) is 0. The van der Waals surface area contributed by atoms with Gasteiger partial charge in [-0.25, -0.2) is 0 Å². The Balaban J connectivity index is 4.43. The fraction of sp³-hybridized carbons (Fsp3) is 0.581. The first-order valence-corrected chi connectivity index (χ1v) is 32.1. The number of hydrogen-bond donors (Lipinski definition) is 0. The van der Waals surface area contributed by atoms with Crippen LogP contribution in [0.15, 0.2) is 170 Å². The van der Waals surface area contributed by atoms with Crippen molar-refractivity contribution in [1.82, 2.24) is 0 Å². The second kappa shape index (κ2) is 66.3. The fourth-order valence-electron chi connectivity index (χ4n) is 8.23. The highest BCUT2D eigenvalue weighted by atomic mass is 16.6. The van der Waals surface area contributed by atoms with Gasteiger partial charge in [0.05, 0.1) is 0 Å². The van der Waals surface area contributed by atoms with Gasteiger partial charge in [0, 0.05) is 19.3 Å². The molecule has 1 atom stereocenters. The summed E-state index contributed by atoms with van der Waals surface area (Å²) < 4.78 is 16.8. The van der Waals surface area contributed by atoms with Gasteiger partial charge in [-0.2, -0.15) is 0 Å². The molecule has 0 saturated heterocycles. The van der Waals surface area contributed by atoms with Crippen LogP contribution in [0.25, 0.3) is 0 Å². The maximum absolute atomic E-state index is 12.9. The van der Waals surface area contributed by atoms with Crippen molar-refractivity contribution in [2.75, 3.05) is 13.2 Å². The van der Waals surface area contributed by atoms with Gasteiger partial charge in [0.2, 0.25) is 0 Å². The van der Waals surface area contributed by atoms with E-state index < -0.39 is 6.10 Å². The molecule has 0 saturated carbocycles. The highest BCUT2D eigenvalue weighted by molar-refractivity contribution is 5.71. The van der Waals surface area contributed by atoms with Crippen LogP contribution in [0.3, 0.4) is 0 Å². The Morgan fingerprint density at radius 1 is 0.263 bits per heavy atom. The number of allylic oxidation sites excluding steroid dienone is 28. The van der Waals surface area contributed by atoms with E-state index in [1.165, 1.54) is 70.6 Å². The van der Waals surface area contributed by atoms with E-state index in [4.69, 9.17) is 14.2 Å². The van der Waals surface area contributed by atoms with Crippen molar-refractivity contribution in [3.8, 4) is 0 Å². The number of rotatable bonds is 56. The Bertz CT molecular complexity index is 1840. The van der Waals surface area contributed by atoms with E-state index >= 15 is 0 Å². The Hall–Kier alpha value is -5.23. The van der Waals surface area contributed by atoms with E-state index in [0.717, 1.165) is 135 Å². The van der Waals surface area contributed by atoms with Gasteiger partial charge in [0.15, 0.2) is 6.10 Å². The molecule has 0 heterocycles. The zero-order chi connectivity index (χ0) is 57.8. The number of carbonyl (C=O) groups is 3. The van der Waals surface area contributed by atoms with Crippen LogP contribution in [-0.2, 0) is 28.6 Å². The van der Waals surface area contributed by atoms with Crippen LogP contribution in [0.5, 0.6) is 0 Å². The Labute approximate surface area is 492 Å². The molecule has 0 rings (SSSR count). The molecule has 0 aliphatic rings. The molecule has 448 valence electrons. The molecule has 0 aromatic heterocycles. The Morgan fingerprint density at radius 3 is 0.762 bits per heavy atom. The van der Waals surface area contributed by atoms with Gasteiger partial charge in [-0.1, -0.05) is 274 Å². The largest absolute Gasteiger partial charge is 0.462 e. The number of esters is 3. The normalized spacial score (nSPS) is 13.3. The molecule has 0 N–H and O–H groups in total. The number of hydrogen-bond acceptors (Lipinski definition) is 6. The summed E-state index contributed by atoms with van der Waals surface area (Å²) >= 11 is 0. The fourth-order valence-corrected chi connectivity index (χ4v) is 8.23. The van der Waals surface area contributed by atoms with Gasteiger partial charge in [-0.3, -0.25) is 14.4 Å². The monoisotopic (exact) mass is 1100 g/mol. The van der Waals surface area contributed by atoms with Crippen molar-refractivity contribution >= 4 is 17.9 Å². The molecule has 6 heteroatoms. The molecule has 0 aromatic carbocycles. The lowest BCUT2D eigenvalue weighted by atomic mass is 10.0. The summed E-state index contributed by atoms with van der Waals surface area (Å²) in [6.45, 7) is 6.33. The molecular formula is C74H116O6. The minimum absolute atomic E-state index is 0.113. The standard InChI is InChI=1S/C74H116O6/c1-4-7-10-13-16-19-22-25-28-29-30-31-32-33-34-35-36-37-38-39-40-41-42-43-44-45-47-49-52-55-58-61-64-67-73(76)79-70-71(69-78-72(75)66-63-60-57-54-51-48-27-24-21-18-15-12-9-6-3)80-74(77)68-65-62-59-56-53-50-46-26-23-20-17-14-11-8-5-2/h7-8,10-11,16-17,19-20,25-26,28,30-31,33-34,36-37,39-40,42-43,45-47,52-53,55-56,71H,4-6,9,12-15,18,21-24,27,29,32,35,38,41,44,48-51,54,57-70H2,1-3H3/b10-7-,11-8-,19-16-,20-17-,28-25-,31-30-,34-33-,37-36-,40-39-,43-42-,46-26-,47-45-,55-52-,56-53-. The first-order chi connectivity index (χ1) is 39.5. The predicted molar refractivity (Wildman–Crippen MR) is 348 cm³/mol. The van der Waals surface area contributed by atoms with E-state index in [9.17, 15) is 14.4 Å². The van der Waals surface area contributed by atoms with Gasteiger partial charge in [-0.05, 0) is 135 Å². The van der Waals surface area contributed by atoms with Crippen molar-refractivity contribution in [1.29, 1.82) is 0 Å². The average molecular weight is 1100 g/mol. The highest BCUT2D eigenvalue weighted by Gasteiger charge is 2.19. The molecule has 0 amide bonds. The molecule has 0 aromatic rings. The third kappa shape index (κ3) is 63.6. The van der Waals surface area contributed by atoms with Crippen LogP contribution >= 0.6 is 0 Å². The summed E-state index contributed by atoms with van der Waals surface area (Å²) in [7, 11) is 0. The van der Waals surface area contributed by atoms with E-state index in [1.807, 2.05) is 0 Å². The third-order valence-electron chi connectivity index (χ3n) is 13.0. The van der Waals surface area contributed by atoms with Crippen LogP contribution in [0.4, 0.5) is 0 Å². The number of unbranched alkanes of at least 4 members (excludes halogenated alkanes) is 17. The van der Waals surface area contributed by atoms with Gasteiger partial charge in [0.25, 0.3) is 0 Å². The lowest BCUT2D eigenvalue weighted by molar-refractivity contribution is -0.167. The molecular weight excluding hydrogens is 985 g/mol. The quantitative estimate of drug-likeness (QED) is 0.0261. The van der Waals surface area contributed by atoms with Gasteiger partial charge in [-0.15, -0.1) is 0 Å². The van der Waals surface area contributed by atoms with Gasteiger partial charge >= 0.3 is 17.9 Å². The molecule has 1 unspecified atom stereocenters. The summed E-state index contributed by atoms with van der Waals surface area (Å²) in [6, 6.07) is 0. The van der Waals surface area contributed by atoms with Crippen molar-refractivity contribution < 1.29 is 28.6 Å². The molecule has 0 spiro atoms. The maximum atomic E-state index is 12.9. The van der Waals surface area contributed by atoms with Crippen LogP contribution in [0, 0.1) is 0 Å². The van der Waals surface area contributed by atoms with Crippen molar-refractivity contribution in [2.24, 2.45) is 0 Å². The van der Waals surface area contributed by atoms with E-state index in [-0.39, 0.29) is 44.0 Å². The topological polar surface area (TPSA) is 78.9 Å². The van der Waals surface area contributed by atoms with Gasteiger partial charge < -0.3 is 14.2 Å². The van der Waals surface area contributed by atoms with E-state index in [0.29, 0.717) is 19.3 Å². The van der Waals surface area contributed by atoms with Crippen LogP contribution in [-0.4, -0.2) is 37.2 Å². The SMILES string of the molecule is CC/C=C\C/C=C\C/C=C\C/C=C\C/C=C\C/C=C\C/C=C\C/C=C\C/C=C\C/C=C\CCCCC(=O)OCC(COC(=O)CCCCCCCCCCCCCCCC)OC(=O)CCCC/C=C\C/C=C\C/C=C\C/C=C\CC. The number of ether oxygens (including phenoxy) is 3. The lowest BCUT2D eigenvalue weighted by Gasteiger charge is -2.18. The summed E-state index contributed by atoms with van der Waals surface area (Å²) in [5, 5.41) is 0. The zero-order valence-electron chi connectivity index (χ0n) is 51.3. The first-order valence-electron chi connectivity index (χ1n) is 32.1. The average Bonchev–Trinajstić information content (AvgIpc) is 3.46. The van der Waals surface area contributed by atoms with Crippen molar-refractivity contribution in [3.05, 3.63) is 170 Å². The van der Waals surface area contributed by atoms with Crippen LogP contribution in [0.2, 0.25) is 0 Å². The Kier molecular flexibility index (Phi) is 61.9. The van der Waals surface area contributed by atoms with Crippen molar-refractivity contribution in [2.45, 2.75) is 264 Å². The van der Waals surface area contributed by atoms with Crippen LogP contribution in [0.1, 0.15) is 258 Å².